The fraction of sp³-hybridized carbons (Fsp3) is 0.667. The molecule has 0 aliphatic heterocycles. The first kappa shape index (κ1) is 16.1. The number of hydrogen-bond donors (Lipinski definition) is 1. The lowest BCUT2D eigenvalue weighted by molar-refractivity contribution is 0.131. The van der Waals surface area contributed by atoms with E-state index in [0.29, 0.717) is 12.6 Å². The van der Waals surface area contributed by atoms with Crippen LogP contribution in [0, 0.1) is 6.92 Å². The first-order valence-electron chi connectivity index (χ1n) is 7.02. The minimum absolute atomic E-state index is 0.244. The second-order valence-corrected chi connectivity index (χ2v) is 5.43. The summed E-state index contributed by atoms with van der Waals surface area (Å²) in [6.07, 6.45) is 1.96. The highest BCUT2D eigenvalue weighted by Gasteiger charge is 2.23. The highest BCUT2D eigenvalue weighted by atomic mass is 15.2. The summed E-state index contributed by atoms with van der Waals surface area (Å²) in [4.78, 5) is 9.06. The van der Waals surface area contributed by atoms with Gasteiger partial charge in [0, 0.05) is 37.1 Å². The summed E-state index contributed by atoms with van der Waals surface area (Å²) in [6.45, 7) is 9.10. The molecule has 0 saturated carbocycles. The molecule has 4 heteroatoms. The van der Waals surface area contributed by atoms with Gasteiger partial charge in [0.1, 0.15) is 0 Å². The van der Waals surface area contributed by atoms with Crippen LogP contribution < -0.4 is 5.73 Å². The van der Waals surface area contributed by atoms with Crippen LogP contribution in [-0.2, 0) is 0 Å². The lowest BCUT2D eigenvalue weighted by atomic mass is 10.0. The van der Waals surface area contributed by atoms with Crippen LogP contribution >= 0.6 is 0 Å². The summed E-state index contributed by atoms with van der Waals surface area (Å²) < 4.78 is 0. The Hall–Kier alpha value is -0.970. The molecule has 0 aliphatic carbocycles. The van der Waals surface area contributed by atoms with Crippen LogP contribution in [0.4, 0.5) is 0 Å². The summed E-state index contributed by atoms with van der Waals surface area (Å²) in [7, 11) is 4.21. The molecule has 1 rings (SSSR count). The summed E-state index contributed by atoms with van der Waals surface area (Å²) in [6, 6.07) is 4.91. The Morgan fingerprint density at radius 2 is 2.00 bits per heavy atom. The van der Waals surface area contributed by atoms with Gasteiger partial charge in [-0.2, -0.15) is 0 Å². The topological polar surface area (TPSA) is 45.4 Å². The fourth-order valence-corrected chi connectivity index (χ4v) is 2.61. The highest BCUT2D eigenvalue weighted by molar-refractivity contribution is 5.18. The predicted molar refractivity (Wildman–Crippen MR) is 81.2 cm³/mol. The molecular weight excluding hydrogens is 236 g/mol. The van der Waals surface area contributed by atoms with Crippen molar-refractivity contribution in [2.24, 2.45) is 5.73 Å². The van der Waals surface area contributed by atoms with Crippen LogP contribution in [0.1, 0.15) is 31.1 Å². The molecule has 0 aliphatic rings. The number of hydrogen-bond acceptors (Lipinski definition) is 4. The van der Waals surface area contributed by atoms with Gasteiger partial charge in [-0.25, -0.2) is 0 Å². The van der Waals surface area contributed by atoms with Gasteiger partial charge in [-0.05, 0) is 46.1 Å². The van der Waals surface area contributed by atoms with Gasteiger partial charge < -0.3 is 10.6 Å². The van der Waals surface area contributed by atoms with E-state index < -0.39 is 0 Å². The molecule has 1 aromatic heterocycles. The van der Waals surface area contributed by atoms with Gasteiger partial charge in [-0.3, -0.25) is 9.88 Å². The second kappa shape index (κ2) is 7.58. The van der Waals surface area contributed by atoms with Crippen molar-refractivity contribution in [1.29, 1.82) is 0 Å². The average Bonchev–Trinajstić information content (AvgIpc) is 2.36. The first-order chi connectivity index (χ1) is 8.99. The van der Waals surface area contributed by atoms with Crippen LogP contribution in [0.3, 0.4) is 0 Å². The Balaban J connectivity index is 2.88. The van der Waals surface area contributed by atoms with E-state index in [1.54, 1.807) is 0 Å². The zero-order valence-electron chi connectivity index (χ0n) is 12.9. The summed E-state index contributed by atoms with van der Waals surface area (Å²) >= 11 is 0. The van der Waals surface area contributed by atoms with Crippen molar-refractivity contribution in [1.82, 2.24) is 14.8 Å². The molecule has 0 bridgehead atoms. The first-order valence-corrected chi connectivity index (χ1v) is 7.02. The van der Waals surface area contributed by atoms with Crippen molar-refractivity contribution < 1.29 is 0 Å². The van der Waals surface area contributed by atoms with E-state index >= 15 is 0 Å². The molecule has 0 fully saturated rings. The van der Waals surface area contributed by atoms with Crippen molar-refractivity contribution in [3.05, 3.63) is 29.6 Å². The van der Waals surface area contributed by atoms with E-state index in [4.69, 9.17) is 5.73 Å². The monoisotopic (exact) mass is 264 g/mol. The van der Waals surface area contributed by atoms with Crippen molar-refractivity contribution in [3.63, 3.8) is 0 Å². The van der Waals surface area contributed by atoms with E-state index in [-0.39, 0.29) is 6.04 Å². The van der Waals surface area contributed by atoms with Crippen LogP contribution in [0.15, 0.2) is 18.3 Å². The molecule has 0 saturated heterocycles. The summed E-state index contributed by atoms with van der Waals surface area (Å²) in [5.41, 5.74) is 8.26. The van der Waals surface area contributed by atoms with E-state index in [9.17, 15) is 0 Å². The Morgan fingerprint density at radius 3 is 2.42 bits per heavy atom. The van der Waals surface area contributed by atoms with Crippen LogP contribution in [0.5, 0.6) is 0 Å². The third kappa shape index (κ3) is 4.56. The smallest absolute Gasteiger partial charge is 0.0488 e. The summed E-state index contributed by atoms with van der Waals surface area (Å²) in [5.74, 6) is 0. The third-order valence-corrected chi connectivity index (χ3v) is 3.50. The van der Waals surface area contributed by atoms with Gasteiger partial charge in [0.05, 0.1) is 0 Å². The number of pyridine rings is 1. The molecule has 108 valence electrons. The van der Waals surface area contributed by atoms with Gasteiger partial charge in [0.15, 0.2) is 0 Å². The minimum atomic E-state index is 0.244. The molecule has 1 aromatic rings. The fourth-order valence-electron chi connectivity index (χ4n) is 2.61. The molecule has 0 aromatic carbocycles. The molecule has 0 amide bonds. The number of nitrogens with zero attached hydrogens (tertiary/aromatic N) is 3. The molecule has 2 atom stereocenters. The molecule has 0 spiro atoms. The minimum Gasteiger partial charge on any atom is -0.329 e. The molecule has 4 nitrogen and oxygen atoms in total. The summed E-state index contributed by atoms with van der Waals surface area (Å²) in [5, 5.41) is 0. The lowest BCUT2D eigenvalue weighted by Crippen LogP contribution is -2.44. The normalized spacial score (nSPS) is 14.9. The number of aryl methyl sites for hydroxylation is 1. The van der Waals surface area contributed by atoms with Gasteiger partial charge in [-0.1, -0.05) is 13.0 Å². The zero-order valence-corrected chi connectivity index (χ0v) is 12.9. The van der Waals surface area contributed by atoms with E-state index in [1.165, 1.54) is 5.56 Å². The molecule has 2 N–H and O–H groups in total. The van der Waals surface area contributed by atoms with E-state index in [2.05, 4.69) is 54.9 Å². The quantitative estimate of drug-likeness (QED) is 0.813. The second-order valence-electron chi connectivity index (χ2n) is 5.43. The lowest BCUT2D eigenvalue weighted by Gasteiger charge is -2.36. The number of rotatable bonds is 7. The Morgan fingerprint density at radius 1 is 1.32 bits per heavy atom. The van der Waals surface area contributed by atoms with Gasteiger partial charge in [-0.15, -0.1) is 0 Å². The maximum absolute atomic E-state index is 6.00. The Bertz CT molecular complexity index is 361. The maximum Gasteiger partial charge on any atom is 0.0488 e. The van der Waals surface area contributed by atoms with Gasteiger partial charge in [0.25, 0.3) is 0 Å². The number of nitrogens with two attached hydrogens (primary N) is 1. The van der Waals surface area contributed by atoms with Crippen molar-refractivity contribution in [3.8, 4) is 0 Å². The number of likely N-dealkylation sites (N-methyl/N-ethyl adjacent to an activating group) is 2. The van der Waals surface area contributed by atoms with Crippen molar-refractivity contribution in [2.75, 3.05) is 33.7 Å². The van der Waals surface area contributed by atoms with Crippen molar-refractivity contribution in [2.45, 2.75) is 32.9 Å². The van der Waals surface area contributed by atoms with E-state index in [0.717, 1.165) is 18.8 Å². The number of aromatic nitrogens is 1. The molecule has 1 heterocycles. The zero-order chi connectivity index (χ0) is 14.4. The Labute approximate surface area is 117 Å². The van der Waals surface area contributed by atoms with Crippen LogP contribution in [-0.4, -0.2) is 54.6 Å². The van der Waals surface area contributed by atoms with Crippen LogP contribution in [0.2, 0.25) is 0 Å². The average molecular weight is 264 g/mol. The van der Waals surface area contributed by atoms with Crippen molar-refractivity contribution >= 4 is 0 Å². The third-order valence-electron chi connectivity index (χ3n) is 3.50. The van der Waals surface area contributed by atoms with Crippen LogP contribution in [0.25, 0.3) is 0 Å². The predicted octanol–water partition coefficient (Wildman–Crippen LogP) is 1.66. The molecule has 19 heavy (non-hydrogen) atoms. The molecular formula is C15H28N4. The Kier molecular flexibility index (Phi) is 6.42. The standard InChI is InChI=1S/C15H28N4/c1-6-19(13(3)11-18(4)5)15(9-16)14-8-7-12(2)17-10-14/h7-8,10,13,15H,6,9,11,16H2,1-5H3. The molecule has 2 unspecified atom stereocenters. The van der Waals surface area contributed by atoms with Gasteiger partial charge >= 0.3 is 0 Å². The highest BCUT2D eigenvalue weighted by Crippen LogP contribution is 2.21. The molecule has 0 radical (unpaired) electrons. The van der Waals surface area contributed by atoms with Gasteiger partial charge in [0.2, 0.25) is 0 Å². The van der Waals surface area contributed by atoms with E-state index in [1.807, 2.05) is 13.1 Å². The largest absolute Gasteiger partial charge is 0.329 e. The maximum atomic E-state index is 6.00. The SMILES string of the molecule is CCN(C(C)CN(C)C)C(CN)c1ccc(C)nc1.